The van der Waals surface area contributed by atoms with Crippen molar-refractivity contribution in [2.45, 2.75) is 124 Å². The van der Waals surface area contributed by atoms with Crippen molar-refractivity contribution in [2.24, 2.45) is 23.2 Å². The van der Waals surface area contributed by atoms with Gasteiger partial charge in [-0.25, -0.2) is 0 Å². The maximum Gasteiger partial charge on any atom is -0.0326 e. The molecule has 2 aliphatic carbocycles. The quantitative estimate of drug-likeness (QED) is 0.376. The summed E-state index contributed by atoms with van der Waals surface area (Å²) in [5.41, 5.74) is 0.697. The minimum absolute atomic E-state index is 0.697. The molecule has 0 N–H and O–H groups in total. The van der Waals surface area contributed by atoms with Gasteiger partial charge in [-0.1, -0.05) is 78.6 Å². The van der Waals surface area contributed by atoms with Crippen LogP contribution in [0.2, 0.25) is 0 Å². The Morgan fingerprint density at radius 1 is 0.696 bits per heavy atom. The Morgan fingerprint density at radius 2 is 1.30 bits per heavy atom. The molecule has 0 spiro atoms. The molecule has 23 heavy (non-hydrogen) atoms. The summed E-state index contributed by atoms with van der Waals surface area (Å²) in [6, 6.07) is 0. The van der Waals surface area contributed by atoms with Crippen molar-refractivity contribution in [2.75, 3.05) is 0 Å². The van der Waals surface area contributed by atoms with Gasteiger partial charge in [0.05, 0.1) is 0 Å². The Hall–Kier alpha value is 0. The fourth-order valence-corrected chi connectivity index (χ4v) is 5.48. The van der Waals surface area contributed by atoms with Crippen LogP contribution < -0.4 is 0 Å². The van der Waals surface area contributed by atoms with Crippen LogP contribution in [0.1, 0.15) is 124 Å². The Kier molecular flexibility index (Phi) is 8.48. The first-order chi connectivity index (χ1) is 11.2. The minimum Gasteiger partial charge on any atom is -0.0654 e. The van der Waals surface area contributed by atoms with E-state index in [0.717, 1.165) is 17.8 Å². The van der Waals surface area contributed by atoms with Gasteiger partial charge in [-0.15, -0.1) is 0 Å². The van der Waals surface area contributed by atoms with E-state index < -0.39 is 0 Å². The molecule has 2 aliphatic rings. The van der Waals surface area contributed by atoms with Crippen molar-refractivity contribution in [3.05, 3.63) is 0 Å². The predicted octanol–water partition coefficient (Wildman–Crippen LogP) is 8.15. The highest BCUT2D eigenvalue weighted by Gasteiger charge is 2.35. The molecule has 136 valence electrons. The van der Waals surface area contributed by atoms with Gasteiger partial charge in [-0.05, 0) is 68.1 Å². The summed E-state index contributed by atoms with van der Waals surface area (Å²) in [6.45, 7) is 7.26. The Balaban J connectivity index is 1.64. The van der Waals surface area contributed by atoms with E-state index in [1.165, 1.54) is 64.2 Å². The fourth-order valence-electron chi connectivity index (χ4n) is 5.48. The number of hydrogen-bond acceptors (Lipinski definition) is 0. The van der Waals surface area contributed by atoms with Crippen LogP contribution in [-0.4, -0.2) is 0 Å². The lowest BCUT2D eigenvalue weighted by atomic mass is 9.63. The lowest BCUT2D eigenvalue weighted by Gasteiger charge is -2.42. The van der Waals surface area contributed by atoms with Gasteiger partial charge in [0, 0.05) is 0 Å². The highest BCUT2D eigenvalue weighted by molar-refractivity contribution is 4.86. The van der Waals surface area contributed by atoms with Gasteiger partial charge in [0.1, 0.15) is 0 Å². The van der Waals surface area contributed by atoms with Crippen molar-refractivity contribution in [1.82, 2.24) is 0 Å². The topological polar surface area (TPSA) is 0 Å². The van der Waals surface area contributed by atoms with Crippen LogP contribution in [0.15, 0.2) is 0 Å². The van der Waals surface area contributed by atoms with Gasteiger partial charge in [0.2, 0.25) is 0 Å². The number of hydrogen-bond donors (Lipinski definition) is 0. The average Bonchev–Trinajstić information content (AvgIpc) is 2.58. The molecule has 0 atom stereocenters. The Labute approximate surface area is 147 Å². The highest BCUT2D eigenvalue weighted by atomic mass is 14.4. The van der Waals surface area contributed by atoms with Crippen LogP contribution in [0.4, 0.5) is 0 Å². The Morgan fingerprint density at radius 3 is 1.91 bits per heavy atom. The standard InChI is InChI=1S/C23H44/c1-4-6-8-9-17-23(3)18-15-22(16-19-23)21-13-11-20(12-14-21)10-7-5-2/h20-22H,4-19H2,1-3H3/t20?,21?,22-,23-. The van der Waals surface area contributed by atoms with Gasteiger partial charge in [-0.2, -0.15) is 0 Å². The van der Waals surface area contributed by atoms with E-state index in [4.69, 9.17) is 0 Å². The zero-order chi connectivity index (χ0) is 16.5. The number of rotatable bonds is 9. The normalized spacial score (nSPS) is 35.3. The third kappa shape index (κ3) is 6.43. The maximum atomic E-state index is 2.59. The van der Waals surface area contributed by atoms with Gasteiger partial charge < -0.3 is 0 Å². The summed E-state index contributed by atoms with van der Waals surface area (Å²) in [5, 5.41) is 0. The Bertz CT molecular complexity index is 289. The van der Waals surface area contributed by atoms with E-state index in [0.29, 0.717) is 5.41 Å². The first-order valence-corrected chi connectivity index (χ1v) is 11.2. The molecule has 2 rings (SSSR count). The molecule has 0 amide bonds. The lowest BCUT2D eigenvalue weighted by Crippen LogP contribution is -2.30. The predicted molar refractivity (Wildman–Crippen MR) is 104 cm³/mol. The summed E-state index contributed by atoms with van der Waals surface area (Å²) in [7, 11) is 0. The second-order valence-corrected chi connectivity index (χ2v) is 9.38. The summed E-state index contributed by atoms with van der Waals surface area (Å²) in [4.78, 5) is 0. The van der Waals surface area contributed by atoms with E-state index >= 15 is 0 Å². The van der Waals surface area contributed by atoms with Crippen molar-refractivity contribution >= 4 is 0 Å². The average molecular weight is 321 g/mol. The largest absolute Gasteiger partial charge is 0.0654 e. The van der Waals surface area contributed by atoms with Crippen LogP contribution in [0.5, 0.6) is 0 Å². The molecule has 0 saturated heterocycles. The van der Waals surface area contributed by atoms with Crippen LogP contribution in [0.25, 0.3) is 0 Å². The van der Waals surface area contributed by atoms with Crippen molar-refractivity contribution in [3.63, 3.8) is 0 Å². The summed E-state index contributed by atoms with van der Waals surface area (Å²) in [5.74, 6) is 3.27. The molecule has 0 heterocycles. The third-order valence-electron chi connectivity index (χ3n) is 7.40. The molecule has 2 fully saturated rings. The molecule has 2 saturated carbocycles. The SMILES string of the molecule is CCCCCC[C@]1(C)CC[C@@H](C2CCC(CCCC)CC2)CC1. The van der Waals surface area contributed by atoms with Gasteiger partial charge >= 0.3 is 0 Å². The second kappa shape index (κ2) is 10.1. The summed E-state index contributed by atoms with van der Waals surface area (Å²) >= 11 is 0. The first-order valence-electron chi connectivity index (χ1n) is 11.2. The van der Waals surface area contributed by atoms with Gasteiger partial charge in [0.15, 0.2) is 0 Å². The van der Waals surface area contributed by atoms with E-state index in [2.05, 4.69) is 20.8 Å². The van der Waals surface area contributed by atoms with Gasteiger partial charge in [-0.3, -0.25) is 0 Å². The molecule has 0 bridgehead atoms. The molecule has 0 aromatic rings. The van der Waals surface area contributed by atoms with Crippen LogP contribution in [-0.2, 0) is 0 Å². The zero-order valence-electron chi connectivity index (χ0n) is 16.5. The molecule has 0 aliphatic heterocycles. The minimum atomic E-state index is 0.697. The molecular weight excluding hydrogens is 276 g/mol. The first kappa shape index (κ1) is 19.3. The van der Waals surface area contributed by atoms with Crippen molar-refractivity contribution in [1.29, 1.82) is 0 Å². The fraction of sp³-hybridized carbons (Fsp3) is 1.00. The molecular formula is C23H44. The van der Waals surface area contributed by atoms with Crippen LogP contribution >= 0.6 is 0 Å². The van der Waals surface area contributed by atoms with E-state index in [1.54, 1.807) is 38.5 Å². The summed E-state index contributed by atoms with van der Waals surface area (Å²) < 4.78 is 0. The van der Waals surface area contributed by atoms with E-state index in [-0.39, 0.29) is 0 Å². The molecule has 0 aromatic carbocycles. The summed E-state index contributed by atoms with van der Waals surface area (Å²) in [6.07, 6.45) is 24.0. The molecule has 0 heteroatoms. The maximum absolute atomic E-state index is 2.59. The molecule has 0 radical (unpaired) electrons. The highest BCUT2D eigenvalue weighted by Crippen LogP contribution is 2.47. The van der Waals surface area contributed by atoms with Crippen molar-refractivity contribution in [3.8, 4) is 0 Å². The monoisotopic (exact) mass is 320 g/mol. The van der Waals surface area contributed by atoms with E-state index in [9.17, 15) is 0 Å². The smallest absolute Gasteiger partial charge is 0.0326 e. The van der Waals surface area contributed by atoms with Crippen molar-refractivity contribution < 1.29 is 0 Å². The van der Waals surface area contributed by atoms with Gasteiger partial charge in [0.25, 0.3) is 0 Å². The second-order valence-electron chi connectivity index (χ2n) is 9.38. The number of unbranched alkanes of at least 4 members (excludes halogenated alkanes) is 4. The zero-order valence-corrected chi connectivity index (χ0v) is 16.5. The van der Waals surface area contributed by atoms with E-state index in [1.807, 2.05) is 0 Å². The van der Waals surface area contributed by atoms with Crippen LogP contribution in [0, 0.1) is 23.2 Å². The third-order valence-corrected chi connectivity index (χ3v) is 7.40. The molecule has 0 nitrogen and oxygen atoms in total. The lowest BCUT2D eigenvalue weighted by molar-refractivity contribution is 0.0949. The molecule has 0 unspecified atom stereocenters. The molecule has 0 aromatic heterocycles. The van der Waals surface area contributed by atoms with Crippen LogP contribution in [0.3, 0.4) is 0 Å².